The van der Waals surface area contributed by atoms with Gasteiger partial charge in [0.05, 0.1) is 0 Å². The number of hydrogen-bond donors (Lipinski definition) is 0. The maximum absolute atomic E-state index is 12.9. The second-order valence-electron chi connectivity index (χ2n) is 8.77. The van der Waals surface area contributed by atoms with Gasteiger partial charge in [-0.2, -0.15) is 0 Å². The quantitative estimate of drug-likeness (QED) is 0.837. The summed E-state index contributed by atoms with van der Waals surface area (Å²) in [6.45, 7) is 7.62. The van der Waals surface area contributed by atoms with E-state index in [0.717, 1.165) is 57.4 Å². The van der Waals surface area contributed by atoms with Crippen molar-refractivity contribution in [2.75, 3.05) is 26.2 Å². The predicted molar refractivity (Wildman–Crippen MR) is 102 cm³/mol. The van der Waals surface area contributed by atoms with Gasteiger partial charge in [0.1, 0.15) is 0 Å². The van der Waals surface area contributed by atoms with Crippen LogP contribution in [0.15, 0.2) is 18.2 Å². The number of likely N-dealkylation sites (tertiary alicyclic amines) is 2. The lowest BCUT2D eigenvalue weighted by molar-refractivity contribution is -0.132. The van der Waals surface area contributed by atoms with Crippen molar-refractivity contribution in [2.24, 2.45) is 17.8 Å². The van der Waals surface area contributed by atoms with Gasteiger partial charge in [-0.25, -0.2) is 0 Å². The molecule has 0 aromatic heterocycles. The first kappa shape index (κ1) is 17.6. The largest absolute Gasteiger partial charge is 0.343 e. The molecule has 140 valence electrons. The van der Waals surface area contributed by atoms with Crippen LogP contribution in [0.4, 0.5) is 0 Å². The fraction of sp³-hybridized carbons (Fsp3) is 0.636. The van der Waals surface area contributed by atoms with Crippen LogP contribution in [0.1, 0.15) is 54.6 Å². The summed E-state index contributed by atoms with van der Waals surface area (Å²) >= 11 is 0. The summed E-state index contributed by atoms with van der Waals surface area (Å²) in [5.41, 5.74) is 3.61. The Morgan fingerprint density at radius 3 is 2.19 bits per heavy atom. The molecule has 2 atom stereocenters. The van der Waals surface area contributed by atoms with Crippen molar-refractivity contribution in [3.63, 3.8) is 0 Å². The van der Waals surface area contributed by atoms with Gasteiger partial charge in [0.25, 0.3) is 5.91 Å². The first-order valence-electron chi connectivity index (χ1n) is 10.2. The third-order valence-electron chi connectivity index (χ3n) is 6.46. The van der Waals surface area contributed by atoms with E-state index in [-0.39, 0.29) is 5.91 Å². The van der Waals surface area contributed by atoms with Gasteiger partial charge >= 0.3 is 0 Å². The summed E-state index contributed by atoms with van der Waals surface area (Å²) in [6, 6.07) is 6.22. The summed E-state index contributed by atoms with van der Waals surface area (Å²) in [4.78, 5) is 29.4. The number of rotatable bonds is 3. The van der Waals surface area contributed by atoms with Gasteiger partial charge in [0.15, 0.2) is 0 Å². The number of hydrogen-bond acceptors (Lipinski definition) is 2. The number of amides is 2. The van der Waals surface area contributed by atoms with E-state index in [0.29, 0.717) is 30.1 Å². The molecular formula is C22H30N2O2. The molecule has 2 aliphatic heterocycles. The SMILES string of the molecule is CC(C)CC(=O)N1CC[C@@H]2CN(C(=O)c3ccc4c(c3)CC4)C[C@@H]2CC1. The molecule has 4 heteroatoms. The summed E-state index contributed by atoms with van der Waals surface area (Å²) in [7, 11) is 0. The third-order valence-corrected chi connectivity index (χ3v) is 6.46. The average Bonchev–Trinajstić information content (AvgIpc) is 2.88. The zero-order valence-electron chi connectivity index (χ0n) is 16.0. The normalized spacial score (nSPS) is 24.7. The summed E-state index contributed by atoms with van der Waals surface area (Å²) in [5.74, 6) is 2.00. The molecule has 1 aromatic carbocycles. The van der Waals surface area contributed by atoms with Crippen LogP contribution in [-0.2, 0) is 17.6 Å². The second kappa shape index (κ2) is 7.05. The summed E-state index contributed by atoms with van der Waals surface area (Å²) in [5, 5.41) is 0. The van der Waals surface area contributed by atoms with E-state index in [1.807, 2.05) is 6.07 Å². The molecule has 4 rings (SSSR count). The van der Waals surface area contributed by atoms with Crippen LogP contribution in [0.5, 0.6) is 0 Å². The molecule has 0 radical (unpaired) electrons. The molecule has 1 aromatic rings. The van der Waals surface area contributed by atoms with Crippen molar-refractivity contribution in [3.05, 3.63) is 34.9 Å². The Bertz CT molecular complexity index is 696. The maximum atomic E-state index is 12.9. The van der Waals surface area contributed by atoms with Crippen LogP contribution < -0.4 is 0 Å². The second-order valence-corrected chi connectivity index (χ2v) is 8.77. The monoisotopic (exact) mass is 354 g/mol. The number of carbonyl (C=O) groups is 2. The van der Waals surface area contributed by atoms with Crippen LogP contribution in [0, 0.1) is 17.8 Å². The molecule has 0 saturated carbocycles. The lowest BCUT2D eigenvalue weighted by Gasteiger charge is -2.24. The minimum Gasteiger partial charge on any atom is -0.343 e. The predicted octanol–water partition coefficient (Wildman–Crippen LogP) is 3.14. The van der Waals surface area contributed by atoms with Crippen molar-refractivity contribution < 1.29 is 9.59 Å². The average molecular weight is 354 g/mol. The first-order valence-corrected chi connectivity index (χ1v) is 10.2. The minimum absolute atomic E-state index is 0.195. The van der Waals surface area contributed by atoms with Gasteiger partial charge in [-0.15, -0.1) is 0 Å². The van der Waals surface area contributed by atoms with Crippen molar-refractivity contribution in [3.8, 4) is 0 Å². The smallest absolute Gasteiger partial charge is 0.253 e. The number of benzene rings is 1. The van der Waals surface area contributed by atoms with Gasteiger partial charge in [0, 0.05) is 38.2 Å². The van der Waals surface area contributed by atoms with E-state index in [2.05, 4.69) is 35.8 Å². The van der Waals surface area contributed by atoms with Crippen molar-refractivity contribution in [1.82, 2.24) is 9.80 Å². The molecule has 0 bridgehead atoms. The van der Waals surface area contributed by atoms with E-state index in [4.69, 9.17) is 0 Å². The van der Waals surface area contributed by atoms with Gasteiger partial charge < -0.3 is 9.80 Å². The summed E-state index contributed by atoms with van der Waals surface area (Å²) < 4.78 is 0. The molecule has 0 N–H and O–H groups in total. The molecule has 2 fully saturated rings. The lowest BCUT2D eigenvalue weighted by Crippen LogP contribution is -2.34. The highest BCUT2D eigenvalue weighted by atomic mass is 16.2. The third kappa shape index (κ3) is 3.38. The lowest BCUT2D eigenvalue weighted by atomic mass is 9.87. The Kier molecular flexibility index (Phi) is 4.76. The Morgan fingerprint density at radius 1 is 1.00 bits per heavy atom. The van der Waals surface area contributed by atoms with Crippen molar-refractivity contribution in [1.29, 1.82) is 0 Å². The van der Waals surface area contributed by atoms with Crippen LogP contribution in [0.3, 0.4) is 0 Å². The number of aryl methyl sites for hydroxylation is 2. The zero-order valence-corrected chi connectivity index (χ0v) is 16.0. The fourth-order valence-electron chi connectivity index (χ4n) is 4.75. The number of fused-ring (bicyclic) bond motifs is 2. The van der Waals surface area contributed by atoms with E-state index in [1.165, 1.54) is 11.1 Å². The van der Waals surface area contributed by atoms with E-state index >= 15 is 0 Å². The highest BCUT2D eigenvalue weighted by molar-refractivity contribution is 5.94. The number of nitrogens with zero attached hydrogens (tertiary/aromatic N) is 2. The number of carbonyl (C=O) groups excluding carboxylic acids is 2. The molecule has 0 spiro atoms. The molecular weight excluding hydrogens is 324 g/mol. The van der Waals surface area contributed by atoms with Gasteiger partial charge in [0.2, 0.25) is 5.91 Å². The minimum atomic E-state index is 0.195. The molecule has 1 aliphatic carbocycles. The highest BCUT2D eigenvalue weighted by Gasteiger charge is 2.38. The van der Waals surface area contributed by atoms with E-state index < -0.39 is 0 Å². The highest BCUT2D eigenvalue weighted by Crippen LogP contribution is 2.33. The fourth-order valence-corrected chi connectivity index (χ4v) is 4.75. The van der Waals surface area contributed by atoms with Gasteiger partial charge in [-0.3, -0.25) is 9.59 Å². The topological polar surface area (TPSA) is 40.6 Å². The van der Waals surface area contributed by atoms with Crippen molar-refractivity contribution in [2.45, 2.75) is 46.0 Å². The van der Waals surface area contributed by atoms with Gasteiger partial charge in [-0.1, -0.05) is 19.9 Å². The van der Waals surface area contributed by atoms with Crippen molar-refractivity contribution >= 4 is 11.8 Å². The Balaban J connectivity index is 1.36. The van der Waals surface area contributed by atoms with Gasteiger partial charge in [-0.05, 0) is 66.7 Å². The van der Waals surface area contributed by atoms with E-state index in [9.17, 15) is 9.59 Å². The van der Waals surface area contributed by atoms with E-state index in [1.54, 1.807) is 0 Å². The standard InChI is InChI=1S/C22H30N2O2/c1-15(2)11-21(25)23-9-7-19-13-24(14-20(19)8-10-23)22(26)18-6-4-16-3-5-17(16)12-18/h4,6,12,15,19-20H,3,5,7-11,13-14H2,1-2H3/t19-,20+. The zero-order chi connectivity index (χ0) is 18.3. The van der Waals surface area contributed by atoms with Crippen LogP contribution in [0.2, 0.25) is 0 Å². The van der Waals surface area contributed by atoms with Crippen LogP contribution in [-0.4, -0.2) is 47.8 Å². The molecule has 2 heterocycles. The molecule has 26 heavy (non-hydrogen) atoms. The molecule has 2 saturated heterocycles. The Labute approximate surface area is 156 Å². The molecule has 0 unspecified atom stereocenters. The van der Waals surface area contributed by atoms with Crippen LogP contribution >= 0.6 is 0 Å². The first-order chi connectivity index (χ1) is 12.5. The maximum Gasteiger partial charge on any atom is 0.253 e. The molecule has 4 nitrogen and oxygen atoms in total. The Hall–Kier alpha value is -1.84. The molecule has 3 aliphatic rings. The Morgan fingerprint density at radius 2 is 1.65 bits per heavy atom. The summed E-state index contributed by atoms with van der Waals surface area (Å²) in [6.07, 6.45) is 4.98. The molecule has 2 amide bonds. The van der Waals surface area contributed by atoms with Crippen LogP contribution in [0.25, 0.3) is 0 Å².